The third-order valence-electron chi connectivity index (χ3n) is 5.34. The van der Waals surface area contributed by atoms with Gasteiger partial charge in [-0.1, -0.05) is 12.1 Å². The normalized spacial score (nSPS) is 12.3. The molecule has 0 fully saturated rings. The summed E-state index contributed by atoms with van der Waals surface area (Å²) >= 11 is 4.54. The number of hydrogen-bond donors (Lipinski definition) is 0. The molecule has 0 bridgehead atoms. The third kappa shape index (κ3) is 3.82. The molecule has 6 rings (SSSR count). The number of benzene rings is 1. The molecular formula is C23H13BrF3N5O2S. The largest absolute Gasteiger partial charge is 0.484 e. The van der Waals surface area contributed by atoms with E-state index in [0.717, 1.165) is 21.9 Å². The van der Waals surface area contributed by atoms with Crippen LogP contribution in [0.15, 0.2) is 57.7 Å². The summed E-state index contributed by atoms with van der Waals surface area (Å²) in [6.45, 7) is 1.83. The van der Waals surface area contributed by atoms with E-state index in [2.05, 4.69) is 36.0 Å². The predicted octanol–water partition coefficient (Wildman–Crippen LogP) is 6.82. The highest BCUT2D eigenvalue weighted by atomic mass is 79.9. The van der Waals surface area contributed by atoms with Crippen molar-refractivity contribution < 1.29 is 22.3 Å². The number of nitrogens with zero attached hydrogens (tertiary/aromatic N) is 5. The van der Waals surface area contributed by atoms with Crippen molar-refractivity contribution in [2.75, 3.05) is 0 Å². The van der Waals surface area contributed by atoms with Crippen LogP contribution >= 0.6 is 27.3 Å². The summed E-state index contributed by atoms with van der Waals surface area (Å²) in [5.74, 6) is 2.03. The molecule has 0 spiro atoms. The van der Waals surface area contributed by atoms with Gasteiger partial charge in [-0.05, 0) is 58.7 Å². The Labute approximate surface area is 207 Å². The van der Waals surface area contributed by atoms with Crippen LogP contribution in [0, 0.1) is 6.92 Å². The van der Waals surface area contributed by atoms with Gasteiger partial charge in [0.1, 0.15) is 39.7 Å². The third-order valence-corrected chi connectivity index (χ3v) is 7.07. The number of fused-ring (bicyclic) bond motifs is 5. The first-order valence-corrected chi connectivity index (χ1v) is 11.9. The molecule has 0 N–H and O–H groups in total. The lowest BCUT2D eigenvalue weighted by atomic mass is 10.1. The molecule has 0 aliphatic heterocycles. The van der Waals surface area contributed by atoms with Crippen molar-refractivity contribution in [1.82, 2.24) is 24.6 Å². The Morgan fingerprint density at radius 2 is 1.97 bits per heavy atom. The Kier molecular flexibility index (Phi) is 5.04. The standard InChI is InChI=1S/C23H13BrF3N5O2S/c1-11-8-16(23(25,26)27)29-22-17(11)18-19(35-22)21-30-20(31-32(21)10-28-18)15-7-6-12(34-15)9-33-14-5-3-2-4-13(14)24/h2-8,10H,9H2,1H3. The number of pyridine rings is 1. The Morgan fingerprint density at radius 3 is 2.77 bits per heavy atom. The number of aromatic nitrogens is 5. The highest BCUT2D eigenvalue weighted by Crippen LogP contribution is 2.38. The number of furan rings is 1. The summed E-state index contributed by atoms with van der Waals surface area (Å²) in [5.41, 5.74) is 0.520. The van der Waals surface area contributed by atoms with Crippen molar-refractivity contribution in [1.29, 1.82) is 0 Å². The average molecular weight is 560 g/mol. The van der Waals surface area contributed by atoms with E-state index in [0.29, 0.717) is 49.9 Å². The number of rotatable bonds is 4. The number of ether oxygens (including phenoxy) is 1. The Morgan fingerprint density at radius 1 is 1.14 bits per heavy atom. The molecule has 5 aromatic heterocycles. The van der Waals surface area contributed by atoms with Crippen LogP contribution in [0.25, 0.3) is 37.7 Å². The topological polar surface area (TPSA) is 78.3 Å². The lowest BCUT2D eigenvalue weighted by Crippen LogP contribution is -2.07. The molecule has 35 heavy (non-hydrogen) atoms. The first-order chi connectivity index (χ1) is 16.8. The quantitative estimate of drug-likeness (QED) is 0.236. The number of para-hydroxylation sites is 1. The zero-order chi connectivity index (χ0) is 24.3. The number of thiophene rings is 1. The molecule has 6 aromatic rings. The van der Waals surface area contributed by atoms with E-state index in [1.807, 2.05) is 24.3 Å². The Hall–Kier alpha value is -3.51. The number of aryl methyl sites for hydroxylation is 1. The van der Waals surface area contributed by atoms with E-state index in [1.54, 1.807) is 19.1 Å². The predicted molar refractivity (Wildman–Crippen MR) is 127 cm³/mol. The summed E-state index contributed by atoms with van der Waals surface area (Å²) in [6, 6.07) is 12.0. The molecule has 0 atom stereocenters. The van der Waals surface area contributed by atoms with Crippen molar-refractivity contribution in [3.8, 4) is 17.3 Å². The molecule has 0 unspecified atom stereocenters. The minimum atomic E-state index is -4.53. The van der Waals surface area contributed by atoms with Gasteiger partial charge >= 0.3 is 6.18 Å². The first-order valence-electron chi connectivity index (χ1n) is 10.3. The van der Waals surface area contributed by atoms with Crippen LogP contribution in [0.3, 0.4) is 0 Å². The molecule has 7 nitrogen and oxygen atoms in total. The summed E-state index contributed by atoms with van der Waals surface area (Å²) < 4.78 is 54.3. The molecule has 5 heterocycles. The fourth-order valence-electron chi connectivity index (χ4n) is 3.75. The fourth-order valence-corrected chi connectivity index (χ4v) is 5.32. The minimum absolute atomic E-state index is 0.213. The average Bonchev–Trinajstić information content (AvgIpc) is 3.53. The number of halogens is 4. The van der Waals surface area contributed by atoms with Crippen LogP contribution in [-0.2, 0) is 12.8 Å². The first kappa shape index (κ1) is 22.0. The van der Waals surface area contributed by atoms with Crippen LogP contribution in [0.1, 0.15) is 17.0 Å². The molecule has 0 amide bonds. The summed E-state index contributed by atoms with van der Waals surface area (Å²) in [7, 11) is 0. The zero-order valence-corrected chi connectivity index (χ0v) is 20.2. The maximum absolute atomic E-state index is 13.2. The van der Waals surface area contributed by atoms with Gasteiger partial charge in [0.15, 0.2) is 11.4 Å². The van der Waals surface area contributed by atoms with Crippen LogP contribution in [0.2, 0.25) is 0 Å². The van der Waals surface area contributed by atoms with E-state index in [1.165, 1.54) is 10.8 Å². The van der Waals surface area contributed by atoms with E-state index in [9.17, 15) is 13.2 Å². The van der Waals surface area contributed by atoms with Gasteiger partial charge in [0.2, 0.25) is 5.82 Å². The Balaban J connectivity index is 1.37. The number of hydrogen-bond acceptors (Lipinski definition) is 7. The van der Waals surface area contributed by atoms with Gasteiger partial charge in [0.25, 0.3) is 0 Å². The van der Waals surface area contributed by atoms with Gasteiger partial charge in [-0.15, -0.1) is 16.4 Å². The minimum Gasteiger partial charge on any atom is -0.484 e. The smallest absolute Gasteiger partial charge is 0.433 e. The second kappa shape index (κ2) is 8.02. The van der Waals surface area contributed by atoms with Crippen molar-refractivity contribution in [3.05, 3.63) is 70.3 Å². The van der Waals surface area contributed by atoms with Crippen LogP contribution in [0.5, 0.6) is 5.75 Å². The van der Waals surface area contributed by atoms with Gasteiger partial charge < -0.3 is 9.15 Å². The summed E-state index contributed by atoms with van der Waals surface area (Å²) in [4.78, 5) is 13.1. The van der Waals surface area contributed by atoms with E-state index in [-0.39, 0.29) is 11.4 Å². The second-order valence-corrected chi connectivity index (χ2v) is 9.57. The van der Waals surface area contributed by atoms with Crippen molar-refractivity contribution in [2.24, 2.45) is 0 Å². The maximum atomic E-state index is 13.2. The van der Waals surface area contributed by atoms with Crippen molar-refractivity contribution in [3.63, 3.8) is 0 Å². The van der Waals surface area contributed by atoms with Crippen molar-refractivity contribution in [2.45, 2.75) is 19.7 Å². The van der Waals surface area contributed by atoms with E-state index in [4.69, 9.17) is 9.15 Å². The van der Waals surface area contributed by atoms with Gasteiger partial charge in [-0.3, -0.25) is 0 Å². The molecule has 0 aliphatic rings. The maximum Gasteiger partial charge on any atom is 0.433 e. The molecular weight excluding hydrogens is 547 g/mol. The van der Waals surface area contributed by atoms with Crippen molar-refractivity contribution >= 4 is 53.3 Å². The SMILES string of the molecule is Cc1cc(C(F)(F)F)nc2sc3c(ncn4nc(-c5ccc(COc6ccccc6Br)o5)nc34)c12. The molecule has 0 radical (unpaired) electrons. The van der Waals surface area contributed by atoms with Gasteiger partial charge in [-0.2, -0.15) is 13.2 Å². The van der Waals surface area contributed by atoms with Crippen LogP contribution < -0.4 is 4.74 Å². The monoisotopic (exact) mass is 559 g/mol. The molecule has 1 aromatic carbocycles. The highest BCUT2D eigenvalue weighted by Gasteiger charge is 2.33. The molecule has 0 saturated carbocycles. The second-order valence-electron chi connectivity index (χ2n) is 7.72. The Bertz CT molecular complexity index is 1740. The summed E-state index contributed by atoms with van der Waals surface area (Å²) in [5, 5.41) is 5.01. The van der Waals surface area contributed by atoms with E-state index < -0.39 is 11.9 Å². The fraction of sp³-hybridized carbons (Fsp3) is 0.130. The molecule has 176 valence electrons. The summed E-state index contributed by atoms with van der Waals surface area (Å²) in [6.07, 6.45) is -3.05. The van der Waals surface area contributed by atoms with Gasteiger partial charge in [-0.25, -0.2) is 19.5 Å². The molecule has 0 saturated heterocycles. The van der Waals surface area contributed by atoms with E-state index >= 15 is 0 Å². The van der Waals surface area contributed by atoms with Gasteiger partial charge in [0.05, 0.1) is 9.99 Å². The number of alkyl halides is 3. The highest BCUT2D eigenvalue weighted by molar-refractivity contribution is 9.10. The molecule has 0 aliphatic carbocycles. The van der Waals surface area contributed by atoms with Crippen LogP contribution in [-0.4, -0.2) is 24.6 Å². The lowest BCUT2D eigenvalue weighted by Gasteiger charge is -2.06. The van der Waals surface area contributed by atoms with Crippen LogP contribution in [0.4, 0.5) is 13.2 Å². The van der Waals surface area contributed by atoms with Gasteiger partial charge in [0, 0.05) is 5.39 Å². The zero-order valence-electron chi connectivity index (χ0n) is 17.8. The molecule has 12 heteroatoms. The lowest BCUT2D eigenvalue weighted by molar-refractivity contribution is -0.141.